The Balaban J connectivity index is 2.63. The third kappa shape index (κ3) is 1.37. The highest BCUT2D eigenvalue weighted by atomic mass is 35.5. The first-order valence-electron chi connectivity index (χ1n) is 4.47. The van der Waals surface area contributed by atoms with E-state index in [0.29, 0.717) is 11.0 Å². The van der Waals surface area contributed by atoms with E-state index >= 15 is 0 Å². The zero-order valence-electron chi connectivity index (χ0n) is 7.51. The summed E-state index contributed by atoms with van der Waals surface area (Å²) in [5.41, 5.74) is 1.78. The molecule has 0 amide bonds. The highest BCUT2D eigenvalue weighted by Crippen LogP contribution is 2.23. The first kappa shape index (κ1) is 8.75. The molecular formula is C9H11ClN2O. The van der Waals surface area contributed by atoms with Crippen LogP contribution >= 0.6 is 11.6 Å². The van der Waals surface area contributed by atoms with Gasteiger partial charge in [0.05, 0.1) is 5.56 Å². The number of nitrogens with zero attached hydrogens (tertiary/aromatic N) is 2. The molecule has 2 rings (SSSR count). The van der Waals surface area contributed by atoms with Crippen molar-refractivity contribution >= 4 is 11.6 Å². The maximum Gasteiger partial charge on any atom is 0.300 e. The molecule has 0 saturated carbocycles. The van der Waals surface area contributed by atoms with Gasteiger partial charge in [-0.3, -0.25) is 0 Å². The molecule has 3 nitrogen and oxygen atoms in total. The van der Waals surface area contributed by atoms with Crippen LogP contribution in [0.4, 0.5) is 0 Å². The van der Waals surface area contributed by atoms with Gasteiger partial charge < -0.3 is 5.21 Å². The van der Waals surface area contributed by atoms with E-state index in [2.05, 4.69) is 4.98 Å². The van der Waals surface area contributed by atoms with E-state index in [4.69, 9.17) is 11.6 Å². The van der Waals surface area contributed by atoms with Crippen molar-refractivity contribution in [2.75, 3.05) is 0 Å². The number of aromatic nitrogens is 2. The Morgan fingerprint density at radius 2 is 2.08 bits per heavy atom. The predicted octanol–water partition coefficient (Wildman–Crippen LogP) is 1.56. The maximum absolute atomic E-state index is 11.6. The molecule has 0 radical (unpaired) electrons. The Hall–Kier alpha value is -0.830. The average Bonchev–Trinajstić information content (AvgIpc) is 2.15. The zero-order valence-corrected chi connectivity index (χ0v) is 8.26. The van der Waals surface area contributed by atoms with Crippen LogP contribution in [0.25, 0.3) is 0 Å². The molecule has 1 aromatic rings. The largest absolute Gasteiger partial charge is 0.711 e. The molecule has 1 aliphatic carbocycles. The Bertz CT molecular complexity index is 352. The SMILES string of the molecule is Cc1nc(Cl)c2c([n+]1[O-])CCCC2. The lowest BCUT2D eigenvalue weighted by molar-refractivity contribution is -0.625. The third-order valence-electron chi connectivity index (χ3n) is 2.49. The summed E-state index contributed by atoms with van der Waals surface area (Å²) in [4.78, 5) is 4.00. The van der Waals surface area contributed by atoms with E-state index in [1.54, 1.807) is 6.92 Å². The van der Waals surface area contributed by atoms with Gasteiger partial charge in [-0.15, -0.1) is 0 Å². The smallest absolute Gasteiger partial charge is 0.300 e. The lowest BCUT2D eigenvalue weighted by Gasteiger charge is -2.18. The standard InChI is InChI=1S/C9H11ClN2O/c1-6-11-9(10)7-4-2-3-5-8(7)12(6)13/h2-5H2,1H3. The second kappa shape index (κ2) is 3.14. The summed E-state index contributed by atoms with van der Waals surface area (Å²) >= 11 is 5.96. The molecule has 0 N–H and O–H groups in total. The fourth-order valence-corrected chi connectivity index (χ4v) is 2.11. The van der Waals surface area contributed by atoms with Crippen LogP contribution in [0, 0.1) is 12.1 Å². The third-order valence-corrected chi connectivity index (χ3v) is 2.80. The lowest BCUT2D eigenvalue weighted by Crippen LogP contribution is -2.39. The number of fused-ring (bicyclic) bond motifs is 1. The fraction of sp³-hybridized carbons (Fsp3) is 0.556. The summed E-state index contributed by atoms with van der Waals surface area (Å²) in [5, 5.41) is 12.1. The predicted molar refractivity (Wildman–Crippen MR) is 49.6 cm³/mol. The minimum atomic E-state index is 0.450. The zero-order chi connectivity index (χ0) is 9.42. The second-order valence-electron chi connectivity index (χ2n) is 3.38. The van der Waals surface area contributed by atoms with E-state index in [1.807, 2.05) is 0 Å². The van der Waals surface area contributed by atoms with Gasteiger partial charge in [-0.1, -0.05) is 0 Å². The highest BCUT2D eigenvalue weighted by molar-refractivity contribution is 6.30. The Morgan fingerprint density at radius 3 is 2.85 bits per heavy atom. The lowest BCUT2D eigenvalue weighted by atomic mass is 9.97. The molecule has 0 aliphatic heterocycles. The molecule has 4 heteroatoms. The van der Waals surface area contributed by atoms with Crippen LogP contribution in [0.15, 0.2) is 0 Å². The van der Waals surface area contributed by atoms with Crippen LogP contribution in [-0.2, 0) is 12.8 Å². The van der Waals surface area contributed by atoms with Crippen molar-refractivity contribution in [1.29, 1.82) is 0 Å². The molecule has 0 saturated heterocycles. The number of aryl methyl sites for hydroxylation is 1. The Labute approximate surface area is 82.0 Å². The summed E-state index contributed by atoms with van der Waals surface area (Å²) in [6.07, 6.45) is 3.91. The van der Waals surface area contributed by atoms with Gasteiger partial charge in [-0.2, -0.15) is 0 Å². The van der Waals surface area contributed by atoms with Crippen molar-refractivity contribution in [3.05, 3.63) is 27.4 Å². The van der Waals surface area contributed by atoms with Gasteiger partial charge in [0.2, 0.25) is 5.15 Å². The minimum Gasteiger partial charge on any atom is -0.711 e. The number of hydrogen-bond donors (Lipinski definition) is 0. The van der Waals surface area contributed by atoms with Crippen molar-refractivity contribution in [2.24, 2.45) is 0 Å². The quantitative estimate of drug-likeness (QED) is 0.361. The number of hydrogen-bond acceptors (Lipinski definition) is 2. The molecule has 0 atom stereocenters. The van der Waals surface area contributed by atoms with Crippen molar-refractivity contribution in [3.63, 3.8) is 0 Å². The van der Waals surface area contributed by atoms with Crippen LogP contribution < -0.4 is 4.73 Å². The number of rotatable bonds is 0. The van der Waals surface area contributed by atoms with E-state index in [-0.39, 0.29) is 0 Å². The van der Waals surface area contributed by atoms with Gasteiger partial charge in [0.25, 0.3) is 5.82 Å². The summed E-state index contributed by atoms with van der Waals surface area (Å²) in [6.45, 7) is 1.69. The molecule has 0 fully saturated rings. The fourth-order valence-electron chi connectivity index (χ4n) is 1.79. The van der Waals surface area contributed by atoms with Gasteiger partial charge in [0, 0.05) is 13.3 Å². The van der Waals surface area contributed by atoms with Gasteiger partial charge >= 0.3 is 0 Å². The van der Waals surface area contributed by atoms with E-state index in [0.717, 1.165) is 41.7 Å². The molecule has 1 aliphatic rings. The molecule has 1 heterocycles. The molecule has 70 valence electrons. The molecule has 0 unspecified atom stereocenters. The van der Waals surface area contributed by atoms with Gasteiger partial charge in [-0.05, 0) is 35.8 Å². The van der Waals surface area contributed by atoms with Crippen LogP contribution in [0.1, 0.15) is 29.9 Å². The Kier molecular flexibility index (Phi) is 2.12. The summed E-state index contributed by atoms with van der Waals surface area (Å²) in [6, 6.07) is 0. The summed E-state index contributed by atoms with van der Waals surface area (Å²) in [7, 11) is 0. The van der Waals surface area contributed by atoms with Gasteiger partial charge in [0.1, 0.15) is 5.69 Å². The van der Waals surface area contributed by atoms with E-state index in [9.17, 15) is 5.21 Å². The van der Waals surface area contributed by atoms with Crippen LogP contribution in [0.5, 0.6) is 0 Å². The van der Waals surface area contributed by atoms with Crippen molar-refractivity contribution < 1.29 is 4.73 Å². The Morgan fingerprint density at radius 1 is 1.38 bits per heavy atom. The molecule has 13 heavy (non-hydrogen) atoms. The molecule has 0 aromatic carbocycles. The second-order valence-corrected chi connectivity index (χ2v) is 3.73. The monoisotopic (exact) mass is 198 g/mol. The maximum atomic E-state index is 11.6. The van der Waals surface area contributed by atoms with Crippen LogP contribution in [0.2, 0.25) is 5.15 Å². The molecule has 1 aromatic heterocycles. The van der Waals surface area contributed by atoms with Crippen molar-refractivity contribution in [3.8, 4) is 0 Å². The van der Waals surface area contributed by atoms with Crippen LogP contribution in [-0.4, -0.2) is 4.98 Å². The summed E-state index contributed by atoms with van der Waals surface area (Å²) < 4.78 is 0.917. The first-order valence-corrected chi connectivity index (χ1v) is 4.85. The molecule has 0 bridgehead atoms. The van der Waals surface area contributed by atoms with Gasteiger partial charge in [0.15, 0.2) is 0 Å². The summed E-state index contributed by atoms with van der Waals surface area (Å²) in [5.74, 6) is 0.450. The number of halogens is 1. The minimum absolute atomic E-state index is 0.450. The van der Waals surface area contributed by atoms with Crippen molar-refractivity contribution in [2.45, 2.75) is 32.6 Å². The normalized spacial score (nSPS) is 15.5. The molecule has 0 spiro atoms. The van der Waals surface area contributed by atoms with Crippen LogP contribution in [0.3, 0.4) is 0 Å². The first-order chi connectivity index (χ1) is 6.20. The van der Waals surface area contributed by atoms with Crippen molar-refractivity contribution in [1.82, 2.24) is 4.98 Å². The van der Waals surface area contributed by atoms with Gasteiger partial charge in [-0.25, -0.2) is 4.73 Å². The van der Waals surface area contributed by atoms with E-state index in [1.165, 1.54) is 0 Å². The average molecular weight is 199 g/mol. The highest BCUT2D eigenvalue weighted by Gasteiger charge is 2.22. The van der Waals surface area contributed by atoms with E-state index < -0.39 is 0 Å². The topological polar surface area (TPSA) is 39.8 Å². The molecular weight excluding hydrogens is 188 g/mol.